The van der Waals surface area contributed by atoms with E-state index in [1.165, 1.54) is 37.7 Å². The lowest BCUT2D eigenvalue weighted by atomic mass is 9.97. The maximum Gasteiger partial charge on any atom is 0.138 e. The standard InChI is InChI=1S/C17H26BrNO/c1-17(2,3)19-12-13-8-7-11-15(18)16(13)20-14-9-5-4-6-10-14/h7-8,11,14,19H,4-6,9-10,12H2,1-3H3. The van der Waals surface area contributed by atoms with Crippen LogP contribution < -0.4 is 10.1 Å². The smallest absolute Gasteiger partial charge is 0.138 e. The van der Waals surface area contributed by atoms with E-state index in [0.29, 0.717) is 6.10 Å². The first kappa shape index (κ1) is 15.8. The van der Waals surface area contributed by atoms with Gasteiger partial charge in [0, 0.05) is 17.6 Å². The van der Waals surface area contributed by atoms with Crippen molar-refractivity contribution in [2.24, 2.45) is 0 Å². The highest BCUT2D eigenvalue weighted by atomic mass is 79.9. The van der Waals surface area contributed by atoms with Crippen molar-refractivity contribution in [3.63, 3.8) is 0 Å². The van der Waals surface area contributed by atoms with Gasteiger partial charge < -0.3 is 10.1 Å². The molecule has 0 bridgehead atoms. The van der Waals surface area contributed by atoms with Gasteiger partial charge in [0.05, 0.1) is 10.6 Å². The Kier molecular flexibility index (Phi) is 5.50. The van der Waals surface area contributed by atoms with Gasteiger partial charge in [0.25, 0.3) is 0 Å². The fourth-order valence-corrected chi connectivity index (χ4v) is 3.04. The molecule has 112 valence electrons. The Bertz CT molecular complexity index is 433. The Morgan fingerprint density at radius 2 is 1.90 bits per heavy atom. The predicted octanol–water partition coefficient (Wildman–Crippen LogP) is 5.05. The number of para-hydroxylation sites is 1. The van der Waals surface area contributed by atoms with Crippen LogP contribution in [0.5, 0.6) is 5.75 Å². The summed E-state index contributed by atoms with van der Waals surface area (Å²) in [4.78, 5) is 0. The van der Waals surface area contributed by atoms with Crippen molar-refractivity contribution in [1.29, 1.82) is 0 Å². The molecular weight excluding hydrogens is 314 g/mol. The van der Waals surface area contributed by atoms with Crippen molar-refractivity contribution >= 4 is 15.9 Å². The van der Waals surface area contributed by atoms with Gasteiger partial charge in [-0.1, -0.05) is 18.6 Å². The fraction of sp³-hybridized carbons (Fsp3) is 0.647. The molecule has 1 aliphatic carbocycles. The van der Waals surface area contributed by atoms with Crippen LogP contribution in [0.3, 0.4) is 0 Å². The molecule has 0 unspecified atom stereocenters. The molecule has 0 radical (unpaired) electrons. The number of nitrogens with one attached hydrogen (secondary N) is 1. The highest BCUT2D eigenvalue weighted by molar-refractivity contribution is 9.10. The zero-order valence-electron chi connectivity index (χ0n) is 12.8. The molecule has 1 fully saturated rings. The molecule has 3 heteroatoms. The maximum atomic E-state index is 6.30. The minimum atomic E-state index is 0.116. The summed E-state index contributed by atoms with van der Waals surface area (Å²) in [5.74, 6) is 1.02. The van der Waals surface area contributed by atoms with E-state index in [4.69, 9.17) is 4.74 Å². The van der Waals surface area contributed by atoms with Gasteiger partial charge in [-0.15, -0.1) is 0 Å². The lowest BCUT2D eigenvalue weighted by molar-refractivity contribution is 0.152. The number of hydrogen-bond acceptors (Lipinski definition) is 2. The van der Waals surface area contributed by atoms with E-state index in [1.807, 2.05) is 0 Å². The van der Waals surface area contributed by atoms with Gasteiger partial charge >= 0.3 is 0 Å². The number of benzene rings is 1. The average Bonchev–Trinajstić information content (AvgIpc) is 2.40. The van der Waals surface area contributed by atoms with Crippen molar-refractivity contribution < 1.29 is 4.74 Å². The second kappa shape index (κ2) is 6.95. The van der Waals surface area contributed by atoms with Gasteiger partial charge in [-0.3, -0.25) is 0 Å². The van der Waals surface area contributed by atoms with Crippen molar-refractivity contribution in [1.82, 2.24) is 5.32 Å². The van der Waals surface area contributed by atoms with E-state index in [9.17, 15) is 0 Å². The third-order valence-corrected chi connectivity index (χ3v) is 4.32. The molecule has 0 amide bonds. The zero-order valence-corrected chi connectivity index (χ0v) is 14.4. The number of rotatable bonds is 4. The van der Waals surface area contributed by atoms with Crippen LogP contribution in [0.1, 0.15) is 58.4 Å². The summed E-state index contributed by atoms with van der Waals surface area (Å²) in [7, 11) is 0. The van der Waals surface area contributed by atoms with Crippen molar-refractivity contribution in [2.45, 2.75) is 71.1 Å². The van der Waals surface area contributed by atoms with Gasteiger partial charge in [-0.25, -0.2) is 0 Å². The van der Waals surface area contributed by atoms with Crippen LogP contribution in [-0.2, 0) is 6.54 Å². The highest BCUT2D eigenvalue weighted by Gasteiger charge is 2.19. The molecule has 1 aromatic carbocycles. The third kappa shape index (κ3) is 4.78. The minimum absolute atomic E-state index is 0.116. The SMILES string of the molecule is CC(C)(C)NCc1cccc(Br)c1OC1CCCCC1. The van der Waals surface area contributed by atoms with E-state index in [2.05, 4.69) is 60.2 Å². The Morgan fingerprint density at radius 1 is 1.20 bits per heavy atom. The molecule has 2 rings (SSSR count). The van der Waals surface area contributed by atoms with Gasteiger partial charge in [-0.05, 0) is 68.5 Å². The first-order chi connectivity index (χ1) is 9.46. The van der Waals surface area contributed by atoms with Crippen LogP contribution in [0.15, 0.2) is 22.7 Å². The van der Waals surface area contributed by atoms with E-state index < -0.39 is 0 Å². The van der Waals surface area contributed by atoms with Crippen molar-refractivity contribution in [3.05, 3.63) is 28.2 Å². The Balaban J connectivity index is 2.09. The molecule has 1 aromatic rings. The third-order valence-electron chi connectivity index (χ3n) is 3.69. The minimum Gasteiger partial charge on any atom is -0.489 e. The van der Waals surface area contributed by atoms with Gasteiger partial charge in [0.1, 0.15) is 5.75 Å². The van der Waals surface area contributed by atoms with E-state index in [1.54, 1.807) is 0 Å². The Hall–Kier alpha value is -0.540. The molecule has 0 aromatic heterocycles. The molecule has 0 saturated heterocycles. The zero-order chi connectivity index (χ0) is 14.6. The lowest BCUT2D eigenvalue weighted by Crippen LogP contribution is -2.35. The quantitative estimate of drug-likeness (QED) is 0.828. The Labute approximate surface area is 131 Å². The summed E-state index contributed by atoms with van der Waals surface area (Å²) in [6, 6.07) is 6.30. The number of halogens is 1. The molecule has 0 aliphatic heterocycles. The summed E-state index contributed by atoms with van der Waals surface area (Å²) in [6.07, 6.45) is 6.71. The maximum absolute atomic E-state index is 6.30. The largest absolute Gasteiger partial charge is 0.489 e. The molecule has 1 saturated carbocycles. The van der Waals surface area contributed by atoms with Crippen molar-refractivity contribution in [3.8, 4) is 5.75 Å². The molecule has 0 heterocycles. The molecular formula is C17H26BrNO. The molecule has 2 nitrogen and oxygen atoms in total. The highest BCUT2D eigenvalue weighted by Crippen LogP contribution is 2.33. The second-order valence-corrected chi connectivity index (χ2v) is 7.56. The van der Waals surface area contributed by atoms with Crippen molar-refractivity contribution in [2.75, 3.05) is 0 Å². The first-order valence-electron chi connectivity index (χ1n) is 7.65. The van der Waals surface area contributed by atoms with Crippen LogP contribution in [0.2, 0.25) is 0 Å². The van der Waals surface area contributed by atoms with E-state index in [-0.39, 0.29) is 5.54 Å². The summed E-state index contributed by atoms with van der Waals surface area (Å²) in [5, 5.41) is 3.54. The summed E-state index contributed by atoms with van der Waals surface area (Å²) in [5.41, 5.74) is 1.35. The topological polar surface area (TPSA) is 21.3 Å². The predicted molar refractivity (Wildman–Crippen MR) is 88.2 cm³/mol. The molecule has 20 heavy (non-hydrogen) atoms. The van der Waals surface area contributed by atoms with Crippen LogP contribution in [-0.4, -0.2) is 11.6 Å². The van der Waals surface area contributed by atoms with E-state index >= 15 is 0 Å². The summed E-state index contributed by atoms with van der Waals surface area (Å²) >= 11 is 3.64. The lowest BCUT2D eigenvalue weighted by Gasteiger charge is -2.26. The molecule has 0 spiro atoms. The fourth-order valence-electron chi connectivity index (χ4n) is 2.53. The molecule has 0 atom stereocenters. The van der Waals surface area contributed by atoms with Crippen LogP contribution in [0.4, 0.5) is 0 Å². The normalized spacial score (nSPS) is 17.2. The van der Waals surface area contributed by atoms with Gasteiger partial charge in [0.2, 0.25) is 0 Å². The first-order valence-corrected chi connectivity index (χ1v) is 8.44. The number of hydrogen-bond donors (Lipinski definition) is 1. The monoisotopic (exact) mass is 339 g/mol. The van der Waals surface area contributed by atoms with Crippen LogP contribution >= 0.6 is 15.9 Å². The second-order valence-electron chi connectivity index (χ2n) is 6.71. The molecule has 1 N–H and O–H groups in total. The Morgan fingerprint density at radius 3 is 2.55 bits per heavy atom. The van der Waals surface area contributed by atoms with Crippen LogP contribution in [0.25, 0.3) is 0 Å². The van der Waals surface area contributed by atoms with Gasteiger partial charge in [-0.2, -0.15) is 0 Å². The summed E-state index contributed by atoms with van der Waals surface area (Å²) < 4.78 is 7.36. The van der Waals surface area contributed by atoms with E-state index in [0.717, 1.165) is 16.8 Å². The molecule has 1 aliphatic rings. The summed E-state index contributed by atoms with van der Waals surface area (Å²) in [6.45, 7) is 7.40. The van der Waals surface area contributed by atoms with Gasteiger partial charge in [0.15, 0.2) is 0 Å². The number of ether oxygens (including phenoxy) is 1. The van der Waals surface area contributed by atoms with Crippen LogP contribution in [0, 0.1) is 0 Å². The average molecular weight is 340 g/mol.